The van der Waals surface area contributed by atoms with Crippen LogP contribution in [0.15, 0.2) is 12.2 Å². The zero-order valence-electron chi connectivity index (χ0n) is 14.5. The molecule has 4 nitrogen and oxygen atoms in total. The summed E-state index contributed by atoms with van der Waals surface area (Å²) in [5, 5.41) is 0. The van der Waals surface area contributed by atoms with Crippen molar-refractivity contribution in [1.82, 2.24) is 9.80 Å². The summed E-state index contributed by atoms with van der Waals surface area (Å²) in [7, 11) is 0. The molecule has 2 heterocycles. The van der Waals surface area contributed by atoms with Crippen LogP contribution in [-0.4, -0.2) is 60.6 Å². The van der Waals surface area contributed by atoms with Crippen LogP contribution >= 0.6 is 0 Å². The minimum atomic E-state index is 0.130. The van der Waals surface area contributed by atoms with Crippen LogP contribution in [-0.2, 0) is 9.53 Å². The van der Waals surface area contributed by atoms with Crippen LogP contribution in [0.4, 0.5) is 0 Å². The highest BCUT2D eigenvalue weighted by Crippen LogP contribution is 2.22. The zero-order chi connectivity index (χ0) is 16.1. The summed E-state index contributed by atoms with van der Waals surface area (Å²) in [6, 6.07) is 0. The van der Waals surface area contributed by atoms with Crippen molar-refractivity contribution in [2.45, 2.75) is 58.7 Å². The number of piperidine rings is 2. The van der Waals surface area contributed by atoms with E-state index in [0.717, 1.165) is 57.8 Å². The summed E-state index contributed by atoms with van der Waals surface area (Å²) in [6.45, 7) is 15.1. The van der Waals surface area contributed by atoms with E-state index in [1.165, 1.54) is 6.54 Å². The second kappa shape index (κ2) is 8.11. The summed E-state index contributed by atoms with van der Waals surface area (Å²) in [5.74, 6) is 0.863. The fourth-order valence-electron chi connectivity index (χ4n) is 3.57. The molecule has 2 fully saturated rings. The molecule has 0 aliphatic carbocycles. The summed E-state index contributed by atoms with van der Waals surface area (Å²) in [4.78, 5) is 16.5. The lowest BCUT2D eigenvalue weighted by molar-refractivity contribution is -0.128. The van der Waals surface area contributed by atoms with E-state index in [4.69, 9.17) is 4.74 Å². The van der Waals surface area contributed by atoms with Crippen LogP contribution in [0.3, 0.4) is 0 Å². The lowest BCUT2D eigenvalue weighted by Gasteiger charge is -2.38. The molecule has 2 saturated heterocycles. The van der Waals surface area contributed by atoms with Crippen molar-refractivity contribution in [3.63, 3.8) is 0 Å². The van der Waals surface area contributed by atoms with Crippen molar-refractivity contribution < 1.29 is 9.53 Å². The van der Waals surface area contributed by atoms with E-state index in [-0.39, 0.29) is 5.91 Å². The standard InChI is InChI=1S/C18H32N2O2/c1-14(2)18(21)20-11-5-16(6-12-20)13-19-9-7-17(8-10-19)22-15(3)4/h15-17H,1,5-13H2,2-4H3. The number of hydrogen-bond donors (Lipinski definition) is 0. The molecular formula is C18H32N2O2. The minimum absolute atomic E-state index is 0.130. The van der Waals surface area contributed by atoms with Gasteiger partial charge < -0.3 is 14.5 Å². The number of carbonyl (C=O) groups is 1. The molecule has 0 radical (unpaired) electrons. The topological polar surface area (TPSA) is 32.8 Å². The fraction of sp³-hybridized carbons (Fsp3) is 0.833. The van der Waals surface area contributed by atoms with Crippen molar-refractivity contribution in [3.8, 4) is 0 Å². The van der Waals surface area contributed by atoms with Crippen molar-refractivity contribution in [3.05, 3.63) is 12.2 Å². The summed E-state index contributed by atoms with van der Waals surface area (Å²) >= 11 is 0. The van der Waals surface area contributed by atoms with E-state index in [0.29, 0.717) is 17.8 Å². The average Bonchev–Trinajstić information content (AvgIpc) is 2.49. The van der Waals surface area contributed by atoms with Gasteiger partial charge in [-0.2, -0.15) is 0 Å². The van der Waals surface area contributed by atoms with Gasteiger partial charge in [0, 0.05) is 38.3 Å². The number of rotatable bonds is 5. The van der Waals surface area contributed by atoms with Gasteiger partial charge in [0.25, 0.3) is 0 Å². The van der Waals surface area contributed by atoms with Gasteiger partial charge in [-0.05, 0) is 52.4 Å². The van der Waals surface area contributed by atoms with Crippen molar-refractivity contribution >= 4 is 5.91 Å². The molecule has 2 aliphatic rings. The molecule has 4 heteroatoms. The van der Waals surface area contributed by atoms with Gasteiger partial charge in [0.05, 0.1) is 12.2 Å². The van der Waals surface area contributed by atoms with E-state index >= 15 is 0 Å². The first-order valence-corrected chi connectivity index (χ1v) is 8.78. The van der Waals surface area contributed by atoms with E-state index < -0.39 is 0 Å². The number of nitrogens with zero attached hydrogens (tertiary/aromatic N) is 2. The predicted octanol–water partition coefficient (Wildman–Crippen LogP) is 2.69. The highest BCUT2D eigenvalue weighted by atomic mass is 16.5. The molecule has 1 amide bonds. The third-order valence-electron chi connectivity index (χ3n) is 4.78. The molecular weight excluding hydrogens is 276 g/mol. The molecule has 0 N–H and O–H groups in total. The third kappa shape index (κ3) is 5.10. The zero-order valence-corrected chi connectivity index (χ0v) is 14.5. The largest absolute Gasteiger partial charge is 0.375 e. The Morgan fingerprint density at radius 2 is 1.73 bits per heavy atom. The van der Waals surface area contributed by atoms with Gasteiger partial charge in [-0.1, -0.05) is 6.58 Å². The molecule has 126 valence electrons. The number of amides is 1. The molecule has 0 spiro atoms. The Morgan fingerprint density at radius 1 is 1.14 bits per heavy atom. The van der Waals surface area contributed by atoms with Crippen LogP contribution in [0.5, 0.6) is 0 Å². The van der Waals surface area contributed by atoms with Gasteiger partial charge in [-0.15, -0.1) is 0 Å². The second-order valence-corrected chi connectivity index (χ2v) is 7.20. The van der Waals surface area contributed by atoms with Gasteiger partial charge in [-0.3, -0.25) is 4.79 Å². The number of likely N-dealkylation sites (tertiary alicyclic amines) is 2. The quantitative estimate of drug-likeness (QED) is 0.732. The molecule has 0 bridgehead atoms. The average molecular weight is 308 g/mol. The Hall–Kier alpha value is -0.870. The molecule has 2 aliphatic heterocycles. The second-order valence-electron chi connectivity index (χ2n) is 7.20. The molecule has 0 unspecified atom stereocenters. The van der Waals surface area contributed by atoms with Crippen LogP contribution in [0, 0.1) is 5.92 Å². The molecule has 0 aromatic rings. The van der Waals surface area contributed by atoms with Crippen LogP contribution < -0.4 is 0 Å². The smallest absolute Gasteiger partial charge is 0.248 e. The van der Waals surface area contributed by atoms with Gasteiger partial charge in [0.2, 0.25) is 5.91 Å². The van der Waals surface area contributed by atoms with Crippen molar-refractivity contribution in [1.29, 1.82) is 0 Å². The normalized spacial score (nSPS) is 22.3. The van der Waals surface area contributed by atoms with Gasteiger partial charge >= 0.3 is 0 Å². The fourth-order valence-corrected chi connectivity index (χ4v) is 3.57. The first-order valence-electron chi connectivity index (χ1n) is 8.78. The van der Waals surface area contributed by atoms with E-state index in [1.54, 1.807) is 6.92 Å². The Kier molecular flexibility index (Phi) is 6.45. The minimum Gasteiger partial charge on any atom is -0.375 e. The van der Waals surface area contributed by atoms with Crippen molar-refractivity contribution in [2.75, 3.05) is 32.7 Å². The summed E-state index contributed by atoms with van der Waals surface area (Å²) < 4.78 is 5.91. The number of ether oxygens (including phenoxy) is 1. The lowest BCUT2D eigenvalue weighted by Crippen LogP contribution is -2.44. The summed E-state index contributed by atoms with van der Waals surface area (Å²) in [6.07, 6.45) is 5.36. The lowest BCUT2D eigenvalue weighted by atomic mass is 9.94. The summed E-state index contributed by atoms with van der Waals surface area (Å²) in [5.41, 5.74) is 0.658. The molecule has 0 saturated carbocycles. The highest BCUT2D eigenvalue weighted by Gasteiger charge is 2.26. The maximum Gasteiger partial charge on any atom is 0.248 e. The Balaban J connectivity index is 1.67. The number of carbonyl (C=O) groups excluding carboxylic acids is 1. The molecule has 0 aromatic carbocycles. The third-order valence-corrected chi connectivity index (χ3v) is 4.78. The van der Waals surface area contributed by atoms with E-state index in [9.17, 15) is 4.79 Å². The maximum absolute atomic E-state index is 11.9. The van der Waals surface area contributed by atoms with Crippen LogP contribution in [0.2, 0.25) is 0 Å². The SMILES string of the molecule is C=C(C)C(=O)N1CCC(CN2CCC(OC(C)C)CC2)CC1. The highest BCUT2D eigenvalue weighted by molar-refractivity contribution is 5.92. The Bertz CT molecular complexity index is 379. The Labute approximate surface area is 135 Å². The molecule has 22 heavy (non-hydrogen) atoms. The van der Waals surface area contributed by atoms with Gasteiger partial charge in [0.15, 0.2) is 0 Å². The maximum atomic E-state index is 11.9. The van der Waals surface area contributed by atoms with Crippen LogP contribution in [0.1, 0.15) is 46.5 Å². The van der Waals surface area contributed by atoms with Gasteiger partial charge in [-0.25, -0.2) is 0 Å². The number of hydrogen-bond acceptors (Lipinski definition) is 3. The Morgan fingerprint density at radius 3 is 2.23 bits per heavy atom. The van der Waals surface area contributed by atoms with E-state index in [1.807, 2.05) is 4.90 Å². The molecule has 2 rings (SSSR count). The first-order chi connectivity index (χ1) is 10.5. The van der Waals surface area contributed by atoms with Crippen molar-refractivity contribution in [2.24, 2.45) is 5.92 Å². The monoisotopic (exact) mass is 308 g/mol. The van der Waals surface area contributed by atoms with E-state index in [2.05, 4.69) is 25.3 Å². The van der Waals surface area contributed by atoms with Crippen LogP contribution in [0.25, 0.3) is 0 Å². The predicted molar refractivity (Wildman–Crippen MR) is 89.8 cm³/mol. The molecule has 0 atom stereocenters. The molecule has 0 aromatic heterocycles. The van der Waals surface area contributed by atoms with Gasteiger partial charge in [0.1, 0.15) is 0 Å². The first kappa shape index (κ1) is 17.5.